The molecular formula is C18H20N4OS. The van der Waals surface area contributed by atoms with Gasteiger partial charge in [-0.25, -0.2) is 4.98 Å². The number of thiazole rings is 1. The summed E-state index contributed by atoms with van der Waals surface area (Å²) in [5.41, 5.74) is 4.43. The number of aromatic nitrogens is 1. The number of hydrogen-bond acceptors (Lipinski definition) is 5. The molecule has 1 aromatic carbocycles. The molecule has 0 aliphatic carbocycles. The van der Waals surface area contributed by atoms with E-state index in [1.54, 1.807) is 5.51 Å². The number of hydrogen-bond donors (Lipinski definition) is 1. The Hall–Kier alpha value is -2.23. The number of piperidine rings is 1. The van der Waals surface area contributed by atoms with Crippen LogP contribution < -0.4 is 5.32 Å². The van der Waals surface area contributed by atoms with Crippen LogP contribution in [0.1, 0.15) is 39.3 Å². The van der Waals surface area contributed by atoms with Crippen LogP contribution in [0.25, 0.3) is 0 Å². The second kappa shape index (κ2) is 7.56. The Bertz CT molecular complexity index is 739. The summed E-state index contributed by atoms with van der Waals surface area (Å²) >= 11 is 1.40. The van der Waals surface area contributed by atoms with Crippen LogP contribution in [0, 0.1) is 18.3 Å². The van der Waals surface area contributed by atoms with Crippen LogP contribution in [0.5, 0.6) is 0 Å². The molecule has 1 aliphatic heterocycles. The first kappa shape index (κ1) is 16.6. The maximum Gasteiger partial charge on any atom is 0.263 e. The topological polar surface area (TPSA) is 69.0 Å². The molecule has 24 heavy (non-hydrogen) atoms. The molecule has 0 radical (unpaired) electrons. The predicted octanol–water partition coefficient (Wildman–Crippen LogP) is 2.72. The molecule has 2 heterocycles. The number of rotatable bonds is 4. The molecule has 1 aliphatic rings. The van der Waals surface area contributed by atoms with Crippen molar-refractivity contribution in [2.75, 3.05) is 13.1 Å². The van der Waals surface area contributed by atoms with E-state index in [0.29, 0.717) is 5.56 Å². The molecule has 124 valence electrons. The molecule has 3 rings (SSSR count). The molecule has 1 aromatic heterocycles. The third-order valence-corrected chi connectivity index (χ3v) is 5.29. The zero-order valence-corrected chi connectivity index (χ0v) is 14.5. The summed E-state index contributed by atoms with van der Waals surface area (Å²) in [5.74, 6) is 0.000502. The maximum atomic E-state index is 12.2. The lowest BCUT2D eigenvalue weighted by atomic mass is 10.0. The van der Waals surface area contributed by atoms with Crippen molar-refractivity contribution >= 4 is 17.2 Å². The molecule has 0 spiro atoms. The van der Waals surface area contributed by atoms with Crippen molar-refractivity contribution in [1.29, 1.82) is 5.26 Å². The van der Waals surface area contributed by atoms with Crippen LogP contribution in [0.15, 0.2) is 29.8 Å². The van der Waals surface area contributed by atoms with Gasteiger partial charge in [-0.1, -0.05) is 12.1 Å². The van der Waals surface area contributed by atoms with Crippen molar-refractivity contribution in [3.05, 3.63) is 51.5 Å². The first-order chi connectivity index (χ1) is 11.7. The molecule has 2 aromatic rings. The standard InChI is InChI=1S/C18H20N4OS/c1-13-17(24-12-20-13)18(23)21-16-6-8-22(9-7-16)11-15-4-2-14(10-19)3-5-15/h2-5,12,16H,6-9,11H2,1H3,(H,21,23). The zero-order chi connectivity index (χ0) is 16.9. The highest BCUT2D eigenvalue weighted by atomic mass is 32.1. The normalized spacial score (nSPS) is 15.8. The van der Waals surface area contributed by atoms with E-state index >= 15 is 0 Å². The van der Waals surface area contributed by atoms with E-state index in [4.69, 9.17) is 5.26 Å². The Morgan fingerprint density at radius 2 is 2.08 bits per heavy atom. The number of amides is 1. The summed E-state index contributed by atoms with van der Waals surface area (Å²) in [7, 11) is 0. The van der Waals surface area contributed by atoms with Gasteiger partial charge in [-0.2, -0.15) is 5.26 Å². The number of aryl methyl sites for hydroxylation is 1. The quantitative estimate of drug-likeness (QED) is 0.929. The summed E-state index contributed by atoms with van der Waals surface area (Å²) < 4.78 is 0. The lowest BCUT2D eigenvalue weighted by Crippen LogP contribution is -2.44. The van der Waals surface area contributed by atoms with Gasteiger partial charge in [-0.3, -0.25) is 9.69 Å². The van der Waals surface area contributed by atoms with Gasteiger partial charge in [-0.05, 0) is 37.5 Å². The van der Waals surface area contributed by atoms with E-state index in [-0.39, 0.29) is 11.9 Å². The molecule has 6 heteroatoms. The Morgan fingerprint density at radius 1 is 1.38 bits per heavy atom. The Kier molecular flexibility index (Phi) is 5.24. The first-order valence-electron chi connectivity index (χ1n) is 8.08. The Morgan fingerprint density at radius 3 is 2.67 bits per heavy atom. The fraction of sp³-hybridized carbons (Fsp3) is 0.389. The average Bonchev–Trinajstić information content (AvgIpc) is 3.03. The molecule has 1 saturated heterocycles. The summed E-state index contributed by atoms with van der Waals surface area (Å²) in [5, 5.41) is 12.0. The lowest BCUT2D eigenvalue weighted by Gasteiger charge is -2.32. The van der Waals surface area contributed by atoms with E-state index < -0.39 is 0 Å². The van der Waals surface area contributed by atoms with Crippen molar-refractivity contribution in [2.45, 2.75) is 32.4 Å². The number of nitriles is 1. The van der Waals surface area contributed by atoms with Crippen molar-refractivity contribution in [3.8, 4) is 6.07 Å². The largest absolute Gasteiger partial charge is 0.348 e. The van der Waals surface area contributed by atoms with E-state index in [1.165, 1.54) is 16.9 Å². The number of carbonyl (C=O) groups is 1. The van der Waals surface area contributed by atoms with Crippen LogP contribution in [0.2, 0.25) is 0 Å². The zero-order valence-electron chi connectivity index (χ0n) is 13.7. The van der Waals surface area contributed by atoms with Crippen molar-refractivity contribution < 1.29 is 4.79 Å². The second-order valence-corrected chi connectivity index (χ2v) is 6.95. The summed E-state index contributed by atoms with van der Waals surface area (Å²) in [4.78, 5) is 19.5. The number of nitrogens with zero attached hydrogens (tertiary/aromatic N) is 3. The fourth-order valence-electron chi connectivity index (χ4n) is 2.95. The molecule has 0 saturated carbocycles. The Balaban J connectivity index is 1.48. The fourth-order valence-corrected chi connectivity index (χ4v) is 3.65. The van der Waals surface area contributed by atoms with Gasteiger partial charge in [0.2, 0.25) is 0 Å². The minimum Gasteiger partial charge on any atom is -0.348 e. The van der Waals surface area contributed by atoms with Gasteiger partial charge in [0.15, 0.2) is 0 Å². The molecule has 1 N–H and O–H groups in total. The average molecular weight is 340 g/mol. The maximum absolute atomic E-state index is 12.2. The SMILES string of the molecule is Cc1ncsc1C(=O)NC1CCN(Cc2ccc(C#N)cc2)CC1. The van der Waals surface area contributed by atoms with Crippen LogP contribution in [0.3, 0.4) is 0 Å². The van der Waals surface area contributed by atoms with E-state index in [0.717, 1.165) is 43.0 Å². The molecule has 1 amide bonds. The van der Waals surface area contributed by atoms with Crippen LogP contribution in [0.4, 0.5) is 0 Å². The van der Waals surface area contributed by atoms with Crippen molar-refractivity contribution in [3.63, 3.8) is 0 Å². The van der Waals surface area contributed by atoms with E-state index in [1.807, 2.05) is 31.2 Å². The van der Waals surface area contributed by atoms with Gasteiger partial charge >= 0.3 is 0 Å². The second-order valence-electron chi connectivity index (χ2n) is 6.10. The molecule has 0 bridgehead atoms. The van der Waals surface area contributed by atoms with Gasteiger partial charge < -0.3 is 5.32 Å². The molecule has 1 fully saturated rings. The summed E-state index contributed by atoms with van der Waals surface area (Å²) in [6, 6.07) is 10.1. The summed E-state index contributed by atoms with van der Waals surface area (Å²) in [6.45, 7) is 4.69. The van der Waals surface area contributed by atoms with Gasteiger partial charge in [0.05, 0.1) is 22.8 Å². The van der Waals surface area contributed by atoms with Gasteiger partial charge in [0.1, 0.15) is 4.88 Å². The highest BCUT2D eigenvalue weighted by Crippen LogP contribution is 2.17. The lowest BCUT2D eigenvalue weighted by molar-refractivity contribution is 0.0912. The number of likely N-dealkylation sites (tertiary alicyclic amines) is 1. The van der Waals surface area contributed by atoms with Crippen molar-refractivity contribution in [1.82, 2.24) is 15.2 Å². The number of benzene rings is 1. The van der Waals surface area contributed by atoms with E-state index in [2.05, 4.69) is 21.3 Å². The molecular weight excluding hydrogens is 320 g/mol. The van der Waals surface area contributed by atoms with Crippen LogP contribution in [-0.4, -0.2) is 34.9 Å². The molecule has 5 nitrogen and oxygen atoms in total. The smallest absolute Gasteiger partial charge is 0.263 e. The monoisotopic (exact) mass is 340 g/mol. The molecule has 0 atom stereocenters. The predicted molar refractivity (Wildman–Crippen MR) is 93.8 cm³/mol. The van der Waals surface area contributed by atoms with Crippen LogP contribution in [-0.2, 0) is 6.54 Å². The third-order valence-electron chi connectivity index (χ3n) is 4.36. The van der Waals surface area contributed by atoms with Crippen molar-refractivity contribution in [2.24, 2.45) is 0 Å². The third kappa shape index (κ3) is 3.99. The van der Waals surface area contributed by atoms with Gasteiger partial charge in [0, 0.05) is 25.7 Å². The van der Waals surface area contributed by atoms with Gasteiger partial charge in [0.25, 0.3) is 5.91 Å². The minimum absolute atomic E-state index is 0.000502. The number of carbonyl (C=O) groups excluding carboxylic acids is 1. The Labute approximate surface area is 145 Å². The van der Waals surface area contributed by atoms with Gasteiger partial charge in [-0.15, -0.1) is 11.3 Å². The van der Waals surface area contributed by atoms with Crippen LogP contribution >= 0.6 is 11.3 Å². The highest BCUT2D eigenvalue weighted by Gasteiger charge is 2.22. The summed E-state index contributed by atoms with van der Waals surface area (Å²) in [6.07, 6.45) is 1.92. The molecule has 0 unspecified atom stereocenters. The number of nitrogens with one attached hydrogen (secondary N) is 1. The van der Waals surface area contributed by atoms with E-state index in [9.17, 15) is 4.79 Å². The minimum atomic E-state index is 0.000502. The first-order valence-corrected chi connectivity index (χ1v) is 8.96. The highest BCUT2D eigenvalue weighted by molar-refractivity contribution is 7.11.